The molecule has 2 aliphatic heterocycles. The summed E-state index contributed by atoms with van der Waals surface area (Å²) in [5.74, 6) is 0.845. The standard InChI is InChI=1S/C13H26N2/c1-3-12-7-5-4-6-8-15(12)13-10-14-9-11(13)2/h11-14H,3-10H2,1-2H3. The van der Waals surface area contributed by atoms with Crippen LogP contribution in [0.5, 0.6) is 0 Å². The van der Waals surface area contributed by atoms with Gasteiger partial charge >= 0.3 is 0 Å². The quantitative estimate of drug-likeness (QED) is 0.752. The summed E-state index contributed by atoms with van der Waals surface area (Å²) < 4.78 is 0. The van der Waals surface area contributed by atoms with E-state index in [1.54, 1.807) is 0 Å². The predicted octanol–water partition coefficient (Wildman–Crippen LogP) is 2.25. The Kier molecular flexibility index (Phi) is 4.04. The van der Waals surface area contributed by atoms with Crippen LogP contribution in [0.4, 0.5) is 0 Å². The van der Waals surface area contributed by atoms with Crippen molar-refractivity contribution in [1.82, 2.24) is 10.2 Å². The summed E-state index contributed by atoms with van der Waals surface area (Å²) in [5.41, 5.74) is 0. The first kappa shape index (κ1) is 11.4. The summed E-state index contributed by atoms with van der Waals surface area (Å²) >= 11 is 0. The highest BCUT2D eigenvalue weighted by atomic mass is 15.2. The summed E-state index contributed by atoms with van der Waals surface area (Å²) in [4.78, 5) is 2.82. The van der Waals surface area contributed by atoms with Gasteiger partial charge in [0.15, 0.2) is 0 Å². The van der Waals surface area contributed by atoms with E-state index in [1.807, 2.05) is 0 Å². The maximum absolute atomic E-state index is 3.54. The van der Waals surface area contributed by atoms with E-state index < -0.39 is 0 Å². The van der Waals surface area contributed by atoms with Crippen LogP contribution >= 0.6 is 0 Å². The molecule has 0 aromatic heterocycles. The Balaban J connectivity index is 2.02. The highest BCUT2D eigenvalue weighted by Crippen LogP contribution is 2.25. The molecular weight excluding hydrogens is 184 g/mol. The van der Waals surface area contributed by atoms with Gasteiger partial charge in [-0.3, -0.25) is 4.90 Å². The van der Waals surface area contributed by atoms with Crippen LogP contribution in [0.2, 0.25) is 0 Å². The molecule has 2 heterocycles. The second-order valence-corrected chi connectivity index (χ2v) is 5.35. The van der Waals surface area contributed by atoms with Gasteiger partial charge in [-0.1, -0.05) is 26.7 Å². The van der Waals surface area contributed by atoms with Crippen molar-refractivity contribution < 1.29 is 0 Å². The fourth-order valence-electron chi connectivity index (χ4n) is 3.31. The van der Waals surface area contributed by atoms with E-state index in [-0.39, 0.29) is 0 Å². The summed E-state index contributed by atoms with van der Waals surface area (Å²) in [6.07, 6.45) is 7.08. The van der Waals surface area contributed by atoms with Crippen molar-refractivity contribution in [1.29, 1.82) is 0 Å². The van der Waals surface area contributed by atoms with Crippen LogP contribution in [0, 0.1) is 5.92 Å². The van der Waals surface area contributed by atoms with Gasteiger partial charge in [-0.15, -0.1) is 0 Å². The zero-order valence-electron chi connectivity index (χ0n) is 10.3. The molecule has 3 atom stereocenters. The Hall–Kier alpha value is -0.0800. The second kappa shape index (κ2) is 5.31. The molecule has 15 heavy (non-hydrogen) atoms. The second-order valence-electron chi connectivity index (χ2n) is 5.35. The molecule has 88 valence electrons. The predicted molar refractivity (Wildman–Crippen MR) is 65.1 cm³/mol. The zero-order valence-corrected chi connectivity index (χ0v) is 10.3. The van der Waals surface area contributed by atoms with Gasteiger partial charge in [0.2, 0.25) is 0 Å². The number of nitrogens with one attached hydrogen (secondary N) is 1. The maximum atomic E-state index is 3.54. The summed E-state index contributed by atoms with van der Waals surface area (Å²) in [5, 5.41) is 3.54. The number of likely N-dealkylation sites (tertiary alicyclic amines) is 1. The lowest BCUT2D eigenvalue weighted by atomic mass is 10.00. The van der Waals surface area contributed by atoms with E-state index >= 15 is 0 Å². The van der Waals surface area contributed by atoms with Gasteiger partial charge in [-0.05, 0) is 38.3 Å². The van der Waals surface area contributed by atoms with Crippen molar-refractivity contribution in [2.45, 2.75) is 58.0 Å². The van der Waals surface area contributed by atoms with Crippen LogP contribution < -0.4 is 5.32 Å². The monoisotopic (exact) mass is 210 g/mol. The molecule has 0 aromatic rings. The third kappa shape index (κ3) is 2.54. The number of hydrogen-bond acceptors (Lipinski definition) is 2. The molecule has 0 saturated carbocycles. The molecule has 3 unspecified atom stereocenters. The molecule has 0 bridgehead atoms. The fourth-order valence-corrected chi connectivity index (χ4v) is 3.31. The van der Waals surface area contributed by atoms with Gasteiger partial charge in [0.1, 0.15) is 0 Å². The van der Waals surface area contributed by atoms with Crippen LogP contribution in [0.1, 0.15) is 46.0 Å². The van der Waals surface area contributed by atoms with E-state index in [9.17, 15) is 0 Å². The molecule has 0 aromatic carbocycles. The lowest BCUT2D eigenvalue weighted by molar-refractivity contribution is 0.119. The van der Waals surface area contributed by atoms with Gasteiger partial charge in [0.25, 0.3) is 0 Å². The lowest BCUT2D eigenvalue weighted by Gasteiger charge is -2.36. The largest absolute Gasteiger partial charge is 0.315 e. The Labute approximate surface area is 94.4 Å². The van der Waals surface area contributed by atoms with E-state index in [0.29, 0.717) is 0 Å². The Morgan fingerprint density at radius 3 is 2.73 bits per heavy atom. The Bertz CT molecular complexity index is 193. The van der Waals surface area contributed by atoms with E-state index in [2.05, 4.69) is 24.1 Å². The first-order valence-corrected chi connectivity index (χ1v) is 6.79. The Morgan fingerprint density at radius 2 is 2.07 bits per heavy atom. The molecule has 1 N–H and O–H groups in total. The minimum Gasteiger partial charge on any atom is -0.315 e. The van der Waals surface area contributed by atoms with Gasteiger partial charge in [-0.2, -0.15) is 0 Å². The van der Waals surface area contributed by atoms with Gasteiger partial charge < -0.3 is 5.32 Å². The number of hydrogen-bond donors (Lipinski definition) is 1. The maximum Gasteiger partial charge on any atom is 0.0261 e. The average Bonchev–Trinajstić information content (AvgIpc) is 2.54. The van der Waals surface area contributed by atoms with Crippen LogP contribution in [0.25, 0.3) is 0 Å². The fraction of sp³-hybridized carbons (Fsp3) is 1.00. The molecule has 0 spiro atoms. The minimum atomic E-state index is 0.813. The molecule has 0 aliphatic carbocycles. The molecule has 2 aliphatic rings. The number of rotatable bonds is 2. The van der Waals surface area contributed by atoms with Crippen molar-refractivity contribution in [3.05, 3.63) is 0 Å². The van der Waals surface area contributed by atoms with Crippen LogP contribution in [0.15, 0.2) is 0 Å². The highest BCUT2D eigenvalue weighted by Gasteiger charge is 2.32. The highest BCUT2D eigenvalue weighted by molar-refractivity contribution is 4.90. The third-order valence-corrected chi connectivity index (χ3v) is 4.30. The molecule has 2 heteroatoms. The SMILES string of the molecule is CCC1CCCCCN1C1CNCC1C. The smallest absolute Gasteiger partial charge is 0.0261 e. The van der Waals surface area contributed by atoms with Crippen LogP contribution in [-0.4, -0.2) is 36.6 Å². The van der Waals surface area contributed by atoms with Gasteiger partial charge in [0, 0.05) is 18.6 Å². The minimum absolute atomic E-state index is 0.813. The average molecular weight is 210 g/mol. The normalized spacial score (nSPS) is 39.2. The van der Waals surface area contributed by atoms with Crippen molar-refractivity contribution in [3.8, 4) is 0 Å². The first-order chi connectivity index (χ1) is 7.33. The van der Waals surface area contributed by atoms with Gasteiger partial charge in [0.05, 0.1) is 0 Å². The van der Waals surface area contributed by atoms with E-state index in [0.717, 1.165) is 18.0 Å². The number of nitrogens with zero attached hydrogens (tertiary/aromatic N) is 1. The van der Waals surface area contributed by atoms with E-state index in [1.165, 1.54) is 51.7 Å². The molecule has 2 saturated heterocycles. The van der Waals surface area contributed by atoms with Gasteiger partial charge in [-0.25, -0.2) is 0 Å². The first-order valence-electron chi connectivity index (χ1n) is 6.79. The molecular formula is C13H26N2. The molecule has 0 amide bonds. The molecule has 2 rings (SSSR count). The summed E-state index contributed by atoms with van der Waals surface area (Å²) in [7, 11) is 0. The lowest BCUT2D eigenvalue weighted by Crippen LogP contribution is -2.46. The molecule has 0 radical (unpaired) electrons. The van der Waals surface area contributed by atoms with Crippen molar-refractivity contribution in [2.24, 2.45) is 5.92 Å². The van der Waals surface area contributed by atoms with Crippen LogP contribution in [-0.2, 0) is 0 Å². The van der Waals surface area contributed by atoms with Crippen molar-refractivity contribution >= 4 is 0 Å². The topological polar surface area (TPSA) is 15.3 Å². The zero-order chi connectivity index (χ0) is 10.7. The van der Waals surface area contributed by atoms with Crippen molar-refractivity contribution in [3.63, 3.8) is 0 Å². The molecule has 2 fully saturated rings. The van der Waals surface area contributed by atoms with Crippen molar-refractivity contribution in [2.75, 3.05) is 19.6 Å². The van der Waals surface area contributed by atoms with E-state index in [4.69, 9.17) is 0 Å². The Morgan fingerprint density at radius 1 is 1.20 bits per heavy atom. The third-order valence-electron chi connectivity index (χ3n) is 4.30. The summed E-state index contributed by atoms with van der Waals surface area (Å²) in [6, 6.07) is 1.67. The summed E-state index contributed by atoms with van der Waals surface area (Å²) in [6.45, 7) is 8.54. The van der Waals surface area contributed by atoms with Crippen LogP contribution in [0.3, 0.4) is 0 Å². The molecule has 2 nitrogen and oxygen atoms in total.